The maximum absolute atomic E-state index is 12.6. The van der Waals surface area contributed by atoms with Gasteiger partial charge >= 0.3 is 0 Å². The molecular weight excluding hydrogens is 270 g/mol. The monoisotopic (exact) mass is 293 g/mol. The van der Waals surface area contributed by atoms with Crippen LogP contribution in [0.4, 0.5) is 0 Å². The summed E-state index contributed by atoms with van der Waals surface area (Å²) in [4.78, 5) is 20.0. The molecule has 4 nitrogen and oxygen atoms in total. The predicted octanol–water partition coefficient (Wildman–Crippen LogP) is 2.67. The molecular formula is C15H23N3OS. The molecule has 5 heteroatoms. The van der Waals surface area contributed by atoms with Gasteiger partial charge in [0.15, 0.2) is 0 Å². The number of carbonyl (C=O) groups excluding carboxylic acids is 1. The molecule has 2 fully saturated rings. The van der Waals surface area contributed by atoms with Crippen LogP contribution in [0.25, 0.3) is 0 Å². The van der Waals surface area contributed by atoms with E-state index < -0.39 is 0 Å². The Balaban J connectivity index is 1.77. The van der Waals surface area contributed by atoms with Gasteiger partial charge < -0.3 is 10.6 Å². The van der Waals surface area contributed by atoms with Crippen LogP contribution < -0.4 is 5.73 Å². The van der Waals surface area contributed by atoms with E-state index in [1.165, 1.54) is 30.7 Å². The first-order valence-electron chi connectivity index (χ1n) is 7.67. The Kier molecular flexibility index (Phi) is 4.08. The Hall–Kier alpha value is -0.940. The number of amides is 1. The lowest BCUT2D eigenvalue weighted by Gasteiger charge is -2.30. The van der Waals surface area contributed by atoms with Crippen LogP contribution in [0.15, 0.2) is 0 Å². The minimum Gasteiger partial charge on any atom is -0.336 e. The van der Waals surface area contributed by atoms with Crippen molar-refractivity contribution in [2.75, 3.05) is 13.1 Å². The number of nitrogens with two attached hydrogens (primary N) is 1. The van der Waals surface area contributed by atoms with Crippen LogP contribution in [0.1, 0.15) is 64.8 Å². The zero-order valence-electron chi connectivity index (χ0n) is 12.1. The molecule has 1 aliphatic carbocycles. The van der Waals surface area contributed by atoms with Crippen LogP contribution in [0.5, 0.6) is 0 Å². The average molecular weight is 293 g/mol. The first-order chi connectivity index (χ1) is 9.65. The molecule has 1 aliphatic heterocycles. The fraction of sp³-hybridized carbons (Fsp3) is 0.733. The van der Waals surface area contributed by atoms with Crippen molar-refractivity contribution < 1.29 is 4.79 Å². The van der Waals surface area contributed by atoms with E-state index in [-0.39, 0.29) is 11.9 Å². The summed E-state index contributed by atoms with van der Waals surface area (Å²) < 4.78 is 0. The summed E-state index contributed by atoms with van der Waals surface area (Å²) in [6.45, 7) is 3.49. The van der Waals surface area contributed by atoms with Crippen molar-refractivity contribution in [3.63, 3.8) is 0 Å². The highest BCUT2D eigenvalue weighted by Crippen LogP contribution is 2.37. The number of piperidine rings is 1. The number of aryl methyl sites for hydroxylation is 1. The highest BCUT2D eigenvalue weighted by atomic mass is 32.1. The summed E-state index contributed by atoms with van der Waals surface area (Å²) in [5, 5.41) is 1.17. The first kappa shape index (κ1) is 14.0. The van der Waals surface area contributed by atoms with E-state index in [9.17, 15) is 4.79 Å². The summed E-state index contributed by atoms with van der Waals surface area (Å²) in [5.41, 5.74) is 6.88. The van der Waals surface area contributed by atoms with Crippen LogP contribution in [0, 0.1) is 6.92 Å². The van der Waals surface area contributed by atoms with E-state index >= 15 is 0 Å². The molecule has 0 radical (unpaired) electrons. The number of rotatable bonds is 2. The Morgan fingerprint density at radius 2 is 2.05 bits per heavy atom. The van der Waals surface area contributed by atoms with E-state index in [4.69, 9.17) is 5.73 Å². The summed E-state index contributed by atoms with van der Waals surface area (Å²) in [6, 6.07) is 0.134. The molecule has 3 rings (SSSR count). The third-order valence-corrected chi connectivity index (χ3v) is 5.76. The molecule has 0 bridgehead atoms. The Morgan fingerprint density at radius 3 is 2.75 bits per heavy atom. The Morgan fingerprint density at radius 1 is 1.30 bits per heavy atom. The number of aromatic nitrogens is 1. The molecule has 1 saturated carbocycles. The van der Waals surface area contributed by atoms with Crippen molar-refractivity contribution in [1.82, 2.24) is 9.88 Å². The third kappa shape index (κ3) is 2.74. The van der Waals surface area contributed by atoms with Gasteiger partial charge in [0.1, 0.15) is 4.88 Å². The van der Waals surface area contributed by atoms with Crippen molar-refractivity contribution in [3.05, 3.63) is 15.6 Å². The van der Waals surface area contributed by atoms with E-state index in [0.717, 1.165) is 30.0 Å². The second-order valence-corrected chi connectivity index (χ2v) is 7.13. The summed E-state index contributed by atoms with van der Waals surface area (Å²) in [5.74, 6) is 0.725. The van der Waals surface area contributed by atoms with Gasteiger partial charge in [0.25, 0.3) is 5.91 Å². The molecule has 2 N–H and O–H groups in total. The topological polar surface area (TPSA) is 59.2 Å². The minimum atomic E-state index is 0.134. The summed E-state index contributed by atoms with van der Waals surface area (Å²) in [7, 11) is 0. The normalized spacial score (nSPS) is 24.3. The van der Waals surface area contributed by atoms with Gasteiger partial charge in [-0.3, -0.25) is 4.79 Å². The molecule has 1 amide bonds. The SMILES string of the molecule is Cc1nc(C2CCCC2)sc1C(=O)N1CCC[C@@H](N)C1. The quantitative estimate of drug-likeness (QED) is 0.912. The maximum atomic E-state index is 12.6. The lowest BCUT2D eigenvalue weighted by atomic mass is 10.1. The van der Waals surface area contributed by atoms with Gasteiger partial charge in [0.05, 0.1) is 10.7 Å². The molecule has 1 saturated heterocycles. The molecule has 20 heavy (non-hydrogen) atoms. The number of thiazole rings is 1. The minimum absolute atomic E-state index is 0.134. The Bertz CT molecular complexity index is 493. The van der Waals surface area contributed by atoms with Crippen LogP contribution in [0.3, 0.4) is 0 Å². The standard InChI is InChI=1S/C15H23N3OS/c1-10-13(15(19)18-8-4-7-12(16)9-18)20-14(17-10)11-5-2-3-6-11/h11-12H,2-9,16H2,1H3/t12-/m1/s1. The molecule has 0 aromatic carbocycles. The maximum Gasteiger partial charge on any atom is 0.265 e. The highest BCUT2D eigenvalue weighted by molar-refractivity contribution is 7.13. The van der Waals surface area contributed by atoms with Gasteiger partial charge in [-0.1, -0.05) is 12.8 Å². The number of hydrogen-bond acceptors (Lipinski definition) is 4. The fourth-order valence-electron chi connectivity index (χ4n) is 3.30. The second-order valence-electron chi connectivity index (χ2n) is 6.10. The van der Waals surface area contributed by atoms with Crippen LogP contribution in [0.2, 0.25) is 0 Å². The van der Waals surface area contributed by atoms with Crippen molar-refractivity contribution in [2.45, 2.75) is 57.4 Å². The van der Waals surface area contributed by atoms with E-state index in [2.05, 4.69) is 4.98 Å². The number of carbonyl (C=O) groups is 1. The zero-order chi connectivity index (χ0) is 14.1. The van der Waals surface area contributed by atoms with E-state index in [0.29, 0.717) is 12.5 Å². The molecule has 0 spiro atoms. The molecule has 1 atom stereocenters. The zero-order valence-corrected chi connectivity index (χ0v) is 12.9. The van der Waals surface area contributed by atoms with Crippen molar-refractivity contribution in [2.24, 2.45) is 5.73 Å². The predicted molar refractivity (Wildman–Crippen MR) is 81.2 cm³/mol. The smallest absolute Gasteiger partial charge is 0.265 e. The van der Waals surface area contributed by atoms with Crippen LogP contribution >= 0.6 is 11.3 Å². The van der Waals surface area contributed by atoms with E-state index in [1.54, 1.807) is 11.3 Å². The lowest BCUT2D eigenvalue weighted by molar-refractivity contribution is 0.0713. The number of nitrogens with zero attached hydrogens (tertiary/aromatic N) is 2. The number of likely N-dealkylation sites (tertiary alicyclic amines) is 1. The molecule has 1 aromatic heterocycles. The lowest BCUT2D eigenvalue weighted by Crippen LogP contribution is -2.45. The molecule has 2 heterocycles. The van der Waals surface area contributed by atoms with Gasteiger partial charge in [-0.2, -0.15) is 0 Å². The molecule has 110 valence electrons. The summed E-state index contributed by atoms with van der Waals surface area (Å²) in [6.07, 6.45) is 7.10. The average Bonchev–Trinajstić information content (AvgIpc) is 3.07. The van der Waals surface area contributed by atoms with Gasteiger partial charge in [-0.25, -0.2) is 4.98 Å². The largest absolute Gasteiger partial charge is 0.336 e. The van der Waals surface area contributed by atoms with Gasteiger partial charge in [-0.05, 0) is 32.6 Å². The van der Waals surface area contributed by atoms with Gasteiger partial charge in [0.2, 0.25) is 0 Å². The molecule has 2 aliphatic rings. The van der Waals surface area contributed by atoms with Crippen LogP contribution in [-0.2, 0) is 0 Å². The van der Waals surface area contributed by atoms with Gasteiger partial charge in [-0.15, -0.1) is 11.3 Å². The second kappa shape index (κ2) is 5.82. The van der Waals surface area contributed by atoms with Crippen molar-refractivity contribution in [1.29, 1.82) is 0 Å². The summed E-state index contributed by atoms with van der Waals surface area (Å²) >= 11 is 1.62. The third-order valence-electron chi connectivity index (χ3n) is 4.46. The van der Waals surface area contributed by atoms with Crippen LogP contribution in [-0.4, -0.2) is 34.9 Å². The molecule has 1 aromatic rings. The van der Waals surface area contributed by atoms with Gasteiger partial charge in [0, 0.05) is 25.0 Å². The molecule has 0 unspecified atom stereocenters. The highest BCUT2D eigenvalue weighted by Gasteiger charge is 2.28. The van der Waals surface area contributed by atoms with E-state index in [1.807, 2.05) is 11.8 Å². The van der Waals surface area contributed by atoms with Crippen molar-refractivity contribution in [3.8, 4) is 0 Å². The first-order valence-corrected chi connectivity index (χ1v) is 8.49. The number of hydrogen-bond donors (Lipinski definition) is 1. The Labute approximate surface area is 124 Å². The fourth-order valence-corrected chi connectivity index (χ4v) is 4.50. The van der Waals surface area contributed by atoms with Crippen molar-refractivity contribution >= 4 is 17.2 Å².